The minimum absolute atomic E-state index is 0.0107. The van der Waals surface area contributed by atoms with E-state index in [-0.39, 0.29) is 6.54 Å². The number of para-hydroxylation sites is 1. The molecular weight excluding hydrogens is 280 g/mol. The molecule has 0 radical (unpaired) electrons. The van der Waals surface area contributed by atoms with Gasteiger partial charge >= 0.3 is 6.03 Å². The predicted molar refractivity (Wildman–Crippen MR) is 76.8 cm³/mol. The summed E-state index contributed by atoms with van der Waals surface area (Å²) in [5.41, 5.74) is -0.772. The van der Waals surface area contributed by atoms with Gasteiger partial charge in [0.1, 0.15) is 11.4 Å². The molecule has 0 bridgehead atoms. The molecule has 0 unspecified atom stereocenters. The lowest BCUT2D eigenvalue weighted by atomic mass is 10.0. The van der Waals surface area contributed by atoms with Gasteiger partial charge in [-0.15, -0.1) is 0 Å². The smallest absolute Gasteiger partial charge is 0.319 e. The average Bonchev–Trinajstić information content (AvgIpc) is 2.94. The Bertz CT molecular complexity index is 582. The van der Waals surface area contributed by atoms with Gasteiger partial charge in [0.2, 0.25) is 0 Å². The monoisotopic (exact) mass is 294 g/mol. The van der Waals surface area contributed by atoms with E-state index in [1.54, 1.807) is 43.3 Å². The lowest BCUT2D eigenvalue weighted by molar-refractivity contribution is 0.0372. The molecule has 5 nitrogen and oxygen atoms in total. The van der Waals surface area contributed by atoms with Gasteiger partial charge in [0.15, 0.2) is 0 Å². The SMILES string of the molecule is C[C@](O)(CNC(=O)Nc1ccccc1Cl)c1ccco1. The molecule has 20 heavy (non-hydrogen) atoms. The Morgan fingerprint density at radius 3 is 2.75 bits per heavy atom. The van der Waals surface area contributed by atoms with Crippen LogP contribution in [0.15, 0.2) is 47.1 Å². The molecule has 3 N–H and O–H groups in total. The van der Waals surface area contributed by atoms with Crippen molar-refractivity contribution < 1.29 is 14.3 Å². The number of benzene rings is 1. The van der Waals surface area contributed by atoms with E-state index >= 15 is 0 Å². The summed E-state index contributed by atoms with van der Waals surface area (Å²) < 4.78 is 5.13. The highest BCUT2D eigenvalue weighted by Crippen LogP contribution is 2.21. The summed E-state index contributed by atoms with van der Waals surface area (Å²) in [5, 5.41) is 15.8. The molecule has 0 aliphatic heterocycles. The zero-order chi connectivity index (χ0) is 14.6. The number of nitrogens with one attached hydrogen (secondary N) is 2. The fourth-order valence-electron chi connectivity index (χ4n) is 1.65. The molecule has 0 aliphatic rings. The molecule has 106 valence electrons. The van der Waals surface area contributed by atoms with Gasteiger partial charge in [-0.2, -0.15) is 0 Å². The maximum atomic E-state index is 11.8. The lowest BCUT2D eigenvalue weighted by Crippen LogP contribution is -2.40. The molecule has 2 aromatic rings. The third-order valence-corrected chi connectivity index (χ3v) is 3.10. The van der Waals surface area contributed by atoms with Gasteiger partial charge in [-0.3, -0.25) is 0 Å². The molecule has 0 saturated carbocycles. The maximum Gasteiger partial charge on any atom is 0.319 e. The van der Waals surface area contributed by atoms with Gasteiger partial charge in [0.05, 0.1) is 23.5 Å². The minimum Gasteiger partial charge on any atom is -0.466 e. The summed E-state index contributed by atoms with van der Waals surface area (Å²) in [6.07, 6.45) is 1.47. The van der Waals surface area contributed by atoms with E-state index in [4.69, 9.17) is 16.0 Å². The fraction of sp³-hybridized carbons (Fsp3) is 0.214. The minimum atomic E-state index is -1.28. The predicted octanol–water partition coefficient (Wildman–Crippen LogP) is 2.96. The number of carbonyl (C=O) groups is 1. The van der Waals surface area contributed by atoms with Crippen molar-refractivity contribution in [2.45, 2.75) is 12.5 Å². The van der Waals surface area contributed by atoms with Crippen molar-refractivity contribution in [2.75, 3.05) is 11.9 Å². The second-order valence-electron chi connectivity index (χ2n) is 4.54. The fourth-order valence-corrected chi connectivity index (χ4v) is 1.84. The number of furan rings is 1. The van der Waals surface area contributed by atoms with E-state index in [1.807, 2.05) is 0 Å². The van der Waals surface area contributed by atoms with Crippen LogP contribution in [-0.4, -0.2) is 17.7 Å². The summed E-state index contributed by atoms with van der Waals surface area (Å²) in [5.74, 6) is 0.385. The number of urea groups is 1. The first-order valence-electron chi connectivity index (χ1n) is 6.05. The summed E-state index contributed by atoms with van der Waals surface area (Å²) in [7, 11) is 0. The van der Waals surface area contributed by atoms with E-state index in [0.29, 0.717) is 16.5 Å². The standard InChI is InChI=1S/C14H15ClN2O3/c1-14(19,12-7-4-8-20-12)9-16-13(18)17-11-6-3-2-5-10(11)15/h2-8,19H,9H2,1H3,(H2,16,17,18)/t14-/m0/s1. The number of anilines is 1. The number of hydrogen-bond donors (Lipinski definition) is 3. The van der Waals surface area contributed by atoms with Gasteiger partial charge in [0.25, 0.3) is 0 Å². The van der Waals surface area contributed by atoms with Crippen LogP contribution >= 0.6 is 11.6 Å². The molecule has 1 heterocycles. The molecule has 0 saturated heterocycles. The van der Waals surface area contributed by atoms with Gasteiger partial charge in [0, 0.05) is 0 Å². The molecular formula is C14H15ClN2O3. The van der Waals surface area contributed by atoms with E-state index in [0.717, 1.165) is 0 Å². The third kappa shape index (κ3) is 3.53. The van der Waals surface area contributed by atoms with Gasteiger partial charge in [-0.1, -0.05) is 23.7 Å². The van der Waals surface area contributed by atoms with Crippen LogP contribution in [0.4, 0.5) is 10.5 Å². The quantitative estimate of drug-likeness (QED) is 0.811. The molecule has 2 amide bonds. The summed E-state index contributed by atoms with van der Waals surface area (Å²) in [4.78, 5) is 11.8. The molecule has 6 heteroatoms. The zero-order valence-electron chi connectivity index (χ0n) is 10.9. The van der Waals surface area contributed by atoms with Crippen molar-refractivity contribution in [1.82, 2.24) is 5.32 Å². The van der Waals surface area contributed by atoms with E-state index in [1.165, 1.54) is 6.26 Å². The van der Waals surface area contributed by atoms with Crippen LogP contribution in [0.5, 0.6) is 0 Å². The number of hydrogen-bond acceptors (Lipinski definition) is 3. The Balaban J connectivity index is 1.91. The first-order chi connectivity index (χ1) is 9.49. The highest BCUT2D eigenvalue weighted by atomic mass is 35.5. The van der Waals surface area contributed by atoms with Crippen LogP contribution in [-0.2, 0) is 5.60 Å². The summed E-state index contributed by atoms with van der Waals surface area (Å²) >= 11 is 5.93. The van der Waals surface area contributed by atoms with Gasteiger partial charge in [-0.25, -0.2) is 4.79 Å². The van der Waals surface area contributed by atoms with Crippen molar-refractivity contribution >= 4 is 23.3 Å². The van der Waals surface area contributed by atoms with Crippen molar-refractivity contribution in [3.05, 3.63) is 53.4 Å². The molecule has 1 aromatic carbocycles. The number of aliphatic hydroxyl groups is 1. The number of carbonyl (C=O) groups excluding carboxylic acids is 1. The molecule has 1 aromatic heterocycles. The second-order valence-corrected chi connectivity index (χ2v) is 4.95. The third-order valence-electron chi connectivity index (χ3n) is 2.77. The van der Waals surface area contributed by atoms with E-state index in [2.05, 4.69) is 10.6 Å². The maximum absolute atomic E-state index is 11.8. The number of amides is 2. The molecule has 0 spiro atoms. The molecule has 0 aliphatic carbocycles. The van der Waals surface area contributed by atoms with Crippen LogP contribution in [0.3, 0.4) is 0 Å². The van der Waals surface area contributed by atoms with E-state index in [9.17, 15) is 9.90 Å². The Hall–Kier alpha value is -1.98. The Labute approximate surface area is 121 Å². The normalized spacial score (nSPS) is 13.6. The number of rotatable bonds is 4. The van der Waals surface area contributed by atoms with Gasteiger partial charge in [-0.05, 0) is 31.2 Å². The highest BCUT2D eigenvalue weighted by Gasteiger charge is 2.26. The van der Waals surface area contributed by atoms with Crippen molar-refractivity contribution in [2.24, 2.45) is 0 Å². The highest BCUT2D eigenvalue weighted by molar-refractivity contribution is 6.33. The van der Waals surface area contributed by atoms with Crippen LogP contribution in [0, 0.1) is 0 Å². The first kappa shape index (κ1) is 14.4. The zero-order valence-corrected chi connectivity index (χ0v) is 11.6. The summed E-state index contributed by atoms with van der Waals surface area (Å²) in [6.45, 7) is 1.57. The molecule has 2 rings (SSSR count). The van der Waals surface area contributed by atoms with Crippen molar-refractivity contribution in [1.29, 1.82) is 0 Å². The van der Waals surface area contributed by atoms with E-state index < -0.39 is 11.6 Å². The van der Waals surface area contributed by atoms with Crippen molar-refractivity contribution in [3.63, 3.8) is 0 Å². The Morgan fingerprint density at radius 1 is 1.35 bits per heavy atom. The Kier molecular flexibility index (Phi) is 4.32. The van der Waals surface area contributed by atoms with Crippen LogP contribution in [0.25, 0.3) is 0 Å². The molecule has 1 atom stereocenters. The first-order valence-corrected chi connectivity index (χ1v) is 6.42. The second kappa shape index (κ2) is 5.98. The van der Waals surface area contributed by atoms with Crippen LogP contribution in [0.1, 0.15) is 12.7 Å². The topological polar surface area (TPSA) is 74.5 Å². The molecule has 0 fully saturated rings. The average molecular weight is 295 g/mol. The van der Waals surface area contributed by atoms with Gasteiger partial charge < -0.3 is 20.2 Å². The van der Waals surface area contributed by atoms with Crippen LogP contribution < -0.4 is 10.6 Å². The van der Waals surface area contributed by atoms with Crippen LogP contribution in [0.2, 0.25) is 5.02 Å². The van der Waals surface area contributed by atoms with Crippen molar-refractivity contribution in [3.8, 4) is 0 Å². The number of halogens is 1. The summed E-state index contributed by atoms with van der Waals surface area (Å²) in [6, 6.07) is 9.77. The Morgan fingerprint density at radius 2 is 2.10 bits per heavy atom. The largest absolute Gasteiger partial charge is 0.466 e. The lowest BCUT2D eigenvalue weighted by Gasteiger charge is -2.21.